The Bertz CT molecular complexity index is 1220. The number of nitrogens with zero attached hydrogens (tertiary/aromatic N) is 4. The SMILES string of the molecule is CN1CCN(CCOC(=O)Nc2cccc(Cn3nc(-c4cc(F)cc(F)c4)ccc3=O)c2)CC1. The molecule has 2 heterocycles. The molecule has 1 N–H and O–H groups in total. The molecule has 0 unspecified atom stereocenters. The van der Waals surface area contributed by atoms with Crippen molar-refractivity contribution in [3.05, 3.63) is 82.1 Å². The first-order valence-corrected chi connectivity index (χ1v) is 11.3. The number of rotatable bonds is 7. The summed E-state index contributed by atoms with van der Waals surface area (Å²) >= 11 is 0. The summed E-state index contributed by atoms with van der Waals surface area (Å²) in [5, 5.41) is 6.95. The van der Waals surface area contributed by atoms with E-state index in [1.54, 1.807) is 24.3 Å². The summed E-state index contributed by atoms with van der Waals surface area (Å²) in [4.78, 5) is 29.0. The zero-order valence-electron chi connectivity index (χ0n) is 19.4. The largest absolute Gasteiger partial charge is 0.448 e. The van der Waals surface area contributed by atoms with Gasteiger partial charge in [0.15, 0.2) is 0 Å². The van der Waals surface area contributed by atoms with Crippen LogP contribution in [0.5, 0.6) is 0 Å². The first-order chi connectivity index (χ1) is 16.9. The highest BCUT2D eigenvalue weighted by Crippen LogP contribution is 2.19. The van der Waals surface area contributed by atoms with E-state index in [-0.39, 0.29) is 23.4 Å². The molecule has 1 aromatic heterocycles. The number of benzene rings is 2. The number of amides is 1. The summed E-state index contributed by atoms with van der Waals surface area (Å²) in [7, 11) is 2.09. The Hall–Kier alpha value is -3.63. The first kappa shape index (κ1) is 24.5. The van der Waals surface area contributed by atoms with Crippen LogP contribution in [0.3, 0.4) is 0 Å². The number of piperazine rings is 1. The first-order valence-electron chi connectivity index (χ1n) is 11.3. The molecule has 1 saturated heterocycles. The Morgan fingerprint density at radius 1 is 1.03 bits per heavy atom. The van der Waals surface area contributed by atoms with Gasteiger partial charge in [-0.2, -0.15) is 5.10 Å². The van der Waals surface area contributed by atoms with E-state index in [9.17, 15) is 18.4 Å². The molecule has 1 amide bonds. The number of hydrogen-bond acceptors (Lipinski definition) is 6. The predicted molar refractivity (Wildman–Crippen MR) is 128 cm³/mol. The fourth-order valence-electron chi connectivity index (χ4n) is 3.83. The minimum Gasteiger partial charge on any atom is -0.448 e. The quantitative estimate of drug-likeness (QED) is 0.557. The van der Waals surface area contributed by atoms with Crippen molar-refractivity contribution >= 4 is 11.8 Å². The van der Waals surface area contributed by atoms with E-state index < -0.39 is 17.7 Å². The second-order valence-electron chi connectivity index (χ2n) is 8.48. The zero-order valence-corrected chi connectivity index (χ0v) is 19.4. The molecule has 10 heteroatoms. The Kier molecular flexibility index (Phi) is 7.84. The number of nitrogens with one attached hydrogen (secondary N) is 1. The maximum Gasteiger partial charge on any atom is 0.411 e. The lowest BCUT2D eigenvalue weighted by Crippen LogP contribution is -2.45. The topological polar surface area (TPSA) is 79.7 Å². The molecule has 0 aliphatic carbocycles. The number of carbonyl (C=O) groups is 1. The van der Waals surface area contributed by atoms with Crippen LogP contribution in [-0.2, 0) is 11.3 Å². The molecule has 35 heavy (non-hydrogen) atoms. The molecule has 1 aliphatic heterocycles. The average Bonchev–Trinajstić information content (AvgIpc) is 2.81. The van der Waals surface area contributed by atoms with Gasteiger partial charge in [0.2, 0.25) is 0 Å². The summed E-state index contributed by atoms with van der Waals surface area (Å²) in [5.41, 5.74) is 1.35. The van der Waals surface area contributed by atoms with Crippen LogP contribution >= 0.6 is 0 Å². The number of hydrogen-bond donors (Lipinski definition) is 1. The Morgan fingerprint density at radius 3 is 2.51 bits per heavy atom. The van der Waals surface area contributed by atoms with Gasteiger partial charge in [-0.25, -0.2) is 18.3 Å². The zero-order chi connectivity index (χ0) is 24.8. The van der Waals surface area contributed by atoms with Gasteiger partial charge in [0, 0.05) is 56.1 Å². The second-order valence-corrected chi connectivity index (χ2v) is 8.48. The maximum atomic E-state index is 13.6. The molecule has 2 aromatic carbocycles. The van der Waals surface area contributed by atoms with Crippen LogP contribution in [0, 0.1) is 11.6 Å². The monoisotopic (exact) mass is 483 g/mol. The van der Waals surface area contributed by atoms with Gasteiger partial charge in [0.05, 0.1) is 12.2 Å². The van der Waals surface area contributed by atoms with E-state index >= 15 is 0 Å². The van der Waals surface area contributed by atoms with Gasteiger partial charge in [0.25, 0.3) is 5.56 Å². The normalized spacial score (nSPS) is 14.6. The van der Waals surface area contributed by atoms with E-state index in [4.69, 9.17) is 4.74 Å². The van der Waals surface area contributed by atoms with Crippen molar-refractivity contribution in [2.45, 2.75) is 6.54 Å². The Morgan fingerprint density at radius 2 is 1.77 bits per heavy atom. The fourth-order valence-corrected chi connectivity index (χ4v) is 3.83. The highest BCUT2D eigenvalue weighted by molar-refractivity contribution is 5.84. The van der Waals surface area contributed by atoms with Gasteiger partial charge in [0.1, 0.15) is 18.2 Å². The van der Waals surface area contributed by atoms with E-state index in [0.717, 1.165) is 44.4 Å². The Balaban J connectivity index is 1.36. The van der Waals surface area contributed by atoms with Gasteiger partial charge in [-0.15, -0.1) is 0 Å². The number of ether oxygens (including phenoxy) is 1. The highest BCUT2D eigenvalue weighted by Gasteiger charge is 2.14. The molecule has 0 spiro atoms. The predicted octanol–water partition coefficient (Wildman–Crippen LogP) is 3.03. The molecular weight excluding hydrogens is 456 g/mol. The standard InChI is InChI=1S/C25H27F2N5O3/c1-30-7-9-31(10-8-30)11-12-35-25(34)28-22-4-2-3-18(13-22)17-32-24(33)6-5-23(29-32)19-14-20(26)16-21(27)15-19/h2-6,13-16H,7-12,17H2,1H3,(H,28,34). The lowest BCUT2D eigenvalue weighted by atomic mass is 10.1. The smallest absolute Gasteiger partial charge is 0.411 e. The van der Waals surface area contributed by atoms with Gasteiger partial charge in [-0.05, 0) is 42.9 Å². The molecular formula is C25H27F2N5O3. The van der Waals surface area contributed by atoms with Crippen molar-refractivity contribution in [1.82, 2.24) is 19.6 Å². The molecule has 0 radical (unpaired) electrons. The van der Waals surface area contributed by atoms with Crippen LogP contribution in [0.4, 0.5) is 19.3 Å². The molecule has 4 rings (SSSR count). The van der Waals surface area contributed by atoms with Crippen molar-refractivity contribution in [2.75, 3.05) is 51.7 Å². The summed E-state index contributed by atoms with van der Waals surface area (Å²) in [6.45, 7) is 4.98. The number of halogens is 2. The van der Waals surface area contributed by atoms with Gasteiger partial charge in [-0.1, -0.05) is 12.1 Å². The highest BCUT2D eigenvalue weighted by atomic mass is 19.1. The molecule has 1 aliphatic rings. The third-order valence-corrected chi connectivity index (χ3v) is 5.77. The van der Waals surface area contributed by atoms with Crippen LogP contribution in [0.2, 0.25) is 0 Å². The van der Waals surface area contributed by atoms with Crippen molar-refractivity contribution < 1.29 is 18.3 Å². The molecule has 8 nitrogen and oxygen atoms in total. The van der Waals surface area contributed by atoms with Crippen LogP contribution in [-0.4, -0.2) is 72.1 Å². The summed E-state index contributed by atoms with van der Waals surface area (Å²) in [6.07, 6.45) is -0.554. The van der Waals surface area contributed by atoms with Crippen molar-refractivity contribution in [1.29, 1.82) is 0 Å². The van der Waals surface area contributed by atoms with Crippen LogP contribution < -0.4 is 10.9 Å². The van der Waals surface area contributed by atoms with Crippen LogP contribution in [0.15, 0.2) is 59.4 Å². The van der Waals surface area contributed by atoms with E-state index in [1.807, 2.05) is 0 Å². The third kappa shape index (κ3) is 6.93. The maximum absolute atomic E-state index is 13.6. The lowest BCUT2D eigenvalue weighted by Gasteiger charge is -2.31. The number of anilines is 1. The molecule has 0 saturated carbocycles. The summed E-state index contributed by atoms with van der Waals surface area (Å²) in [5.74, 6) is -1.46. The lowest BCUT2D eigenvalue weighted by molar-refractivity contribution is 0.111. The Labute approximate surface area is 201 Å². The van der Waals surface area contributed by atoms with Crippen molar-refractivity contribution in [2.24, 2.45) is 0 Å². The second kappa shape index (κ2) is 11.2. The van der Waals surface area contributed by atoms with E-state index in [0.29, 0.717) is 24.4 Å². The molecule has 0 bridgehead atoms. The molecule has 184 valence electrons. The van der Waals surface area contributed by atoms with Gasteiger partial charge >= 0.3 is 6.09 Å². The van der Waals surface area contributed by atoms with Crippen molar-refractivity contribution in [3.8, 4) is 11.3 Å². The molecule has 0 atom stereocenters. The molecule has 1 fully saturated rings. The number of likely N-dealkylation sites (N-methyl/N-ethyl adjacent to an activating group) is 1. The third-order valence-electron chi connectivity index (χ3n) is 5.77. The van der Waals surface area contributed by atoms with Crippen LogP contribution in [0.25, 0.3) is 11.3 Å². The fraction of sp³-hybridized carbons (Fsp3) is 0.320. The van der Waals surface area contributed by atoms with E-state index in [2.05, 4.69) is 27.3 Å². The summed E-state index contributed by atoms with van der Waals surface area (Å²) < 4.78 is 33.7. The van der Waals surface area contributed by atoms with Crippen LogP contribution in [0.1, 0.15) is 5.56 Å². The van der Waals surface area contributed by atoms with Gasteiger partial charge in [-0.3, -0.25) is 15.0 Å². The van der Waals surface area contributed by atoms with E-state index in [1.165, 1.54) is 16.8 Å². The molecule has 3 aromatic rings. The average molecular weight is 484 g/mol. The minimum absolute atomic E-state index is 0.110. The van der Waals surface area contributed by atoms with Crippen molar-refractivity contribution in [3.63, 3.8) is 0 Å². The summed E-state index contributed by atoms with van der Waals surface area (Å²) in [6, 6.07) is 12.8. The number of carbonyl (C=O) groups excluding carboxylic acids is 1. The minimum atomic E-state index is -0.728. The van der Waals surface area contributed by atoms with Gasteiger partial charge < -0.3 is 9.64 Å². The number of aromatic nitrogens is 2.